The monoisotopic (exact) mass is 437 g/mol. The smallest absolute Gasteiger partial charge is 0.344 e. The molecule has 8 heteroatoms. The summed E-state index contributed by atoms with van der Waals surface area (Å²) >= 11 is 0. The van der Waals surface area contributed by atoms with Crippen LogP contribution in [-0.4, -0.2) is 15.5 Å². The van der Waals surface area contributed by atoms with Crippen LogP contribution in [0.2, 0.25) is 0 Å². The van der Waals surface area contributed by atoms with E-state index in [9.17, 15) is 22.8 Å². The number of aromatic nitrogens is 2. The topological polar surface area (TPSA) is 64.0 Å². The number of rotatable bonds is 4. The van der Waals surface area contributed by atoms with Gasteiger partial charge in [0.1, 0.15) is 0 Å². The molecule has 1 amide bonds. The van der Waals surface area contributed by atoms with Crippen LogP contribution in [0, 0.1) is 0 Å². The Balaban J connectivity index is 1.67. The van der Waals surface area contributed by atoms with E-state index in [1.165, 1.54) is 22.8 Å². The largest absolute Gasteiger partial charge is 0.416 e. The number of benzene rings is 2. The Morgan fingerprint density at radius 1 is 1.00 bits per heavy atom. The fraction of sp³-hybridized carbons (Fsp3) is 0.125. The third-order valence-corrected chi connectivity index (χ3v) is 5.09. The number of alkyl halides is 3. The predicted molar refractivity (Wildman–Crippen MR) is 115 cm³/mol. The van der Waals surface area contributed by atoms with E-state index >= 15 is 0 Å². The summed E-state index contributed by atoms with van der Waals surface area (Å²) < 4.78 is 39.9. The van der Waals surface area contributed by atoms with E-state index in [0.717, 1.165) is 17.8 Å². The molecule has 32 heavy (non-hydrogen) atoms. The third kappa shape index (κ3) is 4.25. The molecule has 0 spiro atoms. The molecule has 0 aliphatic heterocycles. The van der Waals surface area contributed by atoms with Crippen molar-refractivity contribution in [3.63, 3.8) is 0 Å². The number of nitrogens with zero attached hydrogens (tertiary/aromatic N) is 2. The number of hydrogen-bond donors (Lipinski definition) is 1. The lowest BCUT2D eigenvalue weighted by Gasteiger charge is -2.15. The van der Waals surface area contributed by atoms with Crippen LogP contribution in [0.15, 0.2) is 83.8 Å². The van der Waals surface area contributed by atoms with Crippen molar-refractivity contribution >= 4 is 16.8 Å². The minimum absolute atomic E-state index is 0.301. The molecule has 4 aromatic rings. The Hall–Kier alpha value is -3.94. The molecule has 2 heterocycles. The zero-order chi connectivity index (χ0) is 22.9. The second-order valence-electron chi connectivity index (χ2n) is 7.27. The van der Waals surface area contributed by atoms with Gasteiger partial charge < -0.3 is 5.32 Å². The lowest BCUT2D eigenvalue weighted by atomic mass is 10.1. The first-order chi connectivity index (χ1) is 15.2. The number of pyridine rings is 2. The SMILES string of the molecule is C[C@@H](NC(=O)c1ccc2c(ccc(=O)n2-c2ccc(C(F)(F)F)cc2)c1)c1ccccn1. The van der Waals surface area contributed by atoms with Gasteiger partial charge in [-0.15, -0.1) is 0 Å². The van der Waals surface area contributed by atoms with Gasteiger partial charge in [-0.05, 0) is 73.0 Å². The van der Waals surface area contributed by atoms with Gasteiger partial charge in [0.25, 0.3) is 11.5 Å². The van der Waals surface area contributed by atoms with Gasteiger partial charge in [0.05, 0.1) is 22.8 Å². The standard InChI is InChI=1S/C24H18F3N3O2/c1-15(20-4-2-3-13-28-20)29-23(32)17-5-11-21-16(14-17)6-12-22(31)30(21)19-9-7-18(8-10-19)24(25,26)27/h2-15H,1H3,(H,29,32)/t15-/m1/s1. The number of amides is 1. The number of carbonyl (C=O) groups excluding carboxylic acids is 1. The van der Waals surface area contributed by atoms with Gasteiger partial charge in [0.2, 0.25) is 0 Å². The van der Waals surface area contributed by atoms with Crippen LogP contribution in [0.3, 0.4) is 0 Å². The fourth-order valence-electron chi connectivity index (χ4n) is 3.44. The Morgan fingerprint density at radius 2 is 1.75 bits per heavy atom. The average Bonchev–Trinajstić information content (AvgIpc) is 2.78. The lowest BCUT2D eigenvalue weighted by Crippen LogP contribution is -2.27. The number of fused-ring (bicyclic) bond motifs is 1. The van der Waals surface area contributed by atoms with Crippen molar-refractivity contribution < 1.29 is 18.0 Å². The molecular formula is C24H18F3N3O2. The Kier molecular flexibility index (Phi) is 5.52. The summed E-state index contributed by atoms with van der Waals surface area (Å²) in [5.41, 5.74) is 0.700. The van der Waals surface area contributed by atoms with E-state index in [-0.39, 0.29) is 11.9 Å². The normalized spacial score (nSPS) is 12.5. The molecule has 162 valence electrons. The fourth-order valence-corrected chi connectivity index (χ4v) is 3.44. The first-order valence-corrected chi connectivity index (χ1v) is 9.79. The van der Waals surface area contributed by atoms with Crippen molar-refractivity contribution in [3.05, 3.63) is 106 Å². The highest BCUT2D eigenvalue weighted by atomic mass is 19.4. The maximum atomic E-state index is 12.9. The van der Waals surface area contributed by atoms with Crippen LogP contribution in [0.5, 0.6) is 0 Å². The second-order valence-corrected chi connectivity index (χ2v) is 7.27. The summed E-state index contributed by atoms with van der Waals surface area (Å²) in [4.78, 5) is 29.4. The summed E-state index contributed by atoms with van der Waals surface area (Å²) in [6.07, 6.45) is -2.81. The van der Waals surface area contributed by atoms with Crippen LogP contribution < -0.4 is 10.9 Å². The van der Waals surface area contributed by atoms with E-state index in [0.29, 0.717) is 22.2 Å². The molecule has 0 radical (unpaired) electrons. The van der Waals surface area contributed by atoms with E-state index < -0.39 is 17.3 Å². The average molecular weight is 437 g/mol. The van der Waals surface area contributed by atoms with E-state index in [1.54, 1.807) is 36.5 Å². The highest BCUT2D eigenvalue weighted by molar-refractivity contribution is 5.98. The molecule has 0 aliphatic carbocycles. The van der Waals surface area contributed by atoms with Crippen molar-refractivity contribution in [3.8, 4) is 5.69 Å². The molecule has 0 fully saturated rings. The molecule has 2 aromatic heterocycles. The van der Waals surface area contributed by atoms with Gasteiger partial charge >= 0.3 is 6.18 Å². The maximum absolute atomic E-state index is 12.9. The number of nitrogens with one attached hydrogen (secondary N) is 1. The molecule has 2 aromatic carbocycles. The van der Waals surface area contributed by atoms with Gasteiger partial charge in [0.15, 0.2) is 0 Å². The van der Waals surface area contributed by atoms with E-state index in [1.807, 2.05) is 19.1 Å². The molecule has 0 saturated carbocycles. The van der Waals surface area contributed by atoms with Gasteiger partial charge in [-0.1, -0.05) is 6.07 Å². The molecule has 1 N–H and O–H groups in total. The number of halogens is 3. The Labute approximate surface area is 181 Å². The Morgan fingerprint density at radius 3 is 2.41 bits per heavy atom. The minimum atomic E-state index is -4.46. The molecular weight excluding hydrogens is 419 g/mol. The second kappa shape index (κ2) is 8.30. The van der Waals surface area contributed by atoms with Crippen molar-refractivity contribution in [2.45, 2.75) is 19.1 Å². The number of carbonyl (C=O) groups is 1. The quantitative estimate of drug-likeness (QED) is 0.494. The lowest BCUT2D eigenvalue weighted by molar-refractivity contribution is -0.137. The van der Waals surface area contributed by atoms with Crippen LogP contribution >= 0.6 is 0 Å². The molecule has 4 rings (SSSR count). The zero-order valence-corrected chi connectivity index (χ0v) is 16.9. The van der Waals surface area contributed by atoms with Crippen molar-refractivity contribution in [1.82, 2.24) is 14.9 Å². The van der Waals surface area contributed by atoms with Crippen molar-refractivity contribution in [1.29, 1.82) is 0 Å². The molecule has 1 atom stereocenters. The Bertz CT molecular complexity index is 1330. The van der Waals surface area contributed by atoms with Crippen LogP contribution in [-0.2, 0) is 6.18 Å². The van der Waals surface area contributed by atoms with Gasteiger partial charge in [-0.2, -0.15) is 13.2 Å². The summed E-state index contributed by atoms with van der Waals surface area (Å²) in [7, 11) is 0. The molecule has 0 saturated heterocycles. The van der Waals surface area contributed by atoms with Crippen LogP contribution in [0.25, 0.3) is 16.6 Å². The maximum Gasteiger partial charge on any atom is 0.416 e. The van der Waals surface area contributed by atoms with Crippen LogP contribution in [0.1, 0.15) is 34.6 Å². The van der Waals surface area contributed by atoms with Crippen LogP contribution in [0.4, 0.5) is 13.2 Å². The zero-order valence-electron chi connectivity index (χ0n) is 16.9. The first-order valence-electron chi connectivity index (χ1n) is 9.79. The van der Waals surface area contributed by atoms with Gasteiger partial charge in [-0.25, -0.2) is 0 Å². The minimum Gasteiger partial charge on any atom is -0.344 e. The molecule has 0 unspecified atom stereocenters. The summed E-state index contributed by atoms with van der Waals surface area (Å²) in [6.45, 7) is 1.82. The van der Waals surface area contributed by atoms with Gasteiger partial charge in [-0.3, -0.25) is 19.1 Å². The predicted octanol–water partition coefficient (Wildman–Crippen LogP) is 4.90. The first kappa shape index (κ1) is 21.3. The van der Waals surface area contributed by atoms with E-state index in [2.05, 4.69) is 10.3 Å². The van der Waals surface area contributed by atoms with Crippen molar-refractivity contribution in [2.24, 2.45) is 0 Å². The third-order valence-electron chi connectivity index (χ3n) is 5.09. The van der Waals surface area contributed by atoms with Crippen molar-refractivity contribution in [2.75, 3.05) is 0 Å². The highest BCUT2D eigenvalue weighted by Gasteiger charge is 2.30. The summed E-state index contributed by atoms with van der Waals surface area (Å²) in [5, 5.41) is 3.48. The molecule has 5 nitrogen and oxygen atoms in total. The van der Waals surface area contributed by atoms with Gasteiger partial charge in [0, 0.05) is 23.5 Å². The molecule has 0 bridgehead atoms. The summed E-state index contributed by atoms with van der Waals surface area (Å²) in [6, 6.07) is 17.2. The summed E-state index contributed by atoms with van der Waals surface area (Å²) in [5.74, 6) is -0.308. The highest BCUT2D eigenvalue weighted by Crippen LogP contribution is 2.30. The van der Waals surface area contributed by atoms with E-state index in [4.69, 9.17) is 0 Å². The number of hydrogen-bond acceptors (Lipinski definition) is 3. The molecule has 0 aliphatic rings.